The van der Waals surface area contributed by atoms with E-state index in [1.165, 1.54) is 6.07 Å². The maximum atomic E-state index is 13.4. The Bertz CT molecular complexity index is 390. The van der Waals surface area contributed by atoms with Gasteiger partial charge in [0.15, 0.2) is 0 Å². The summed E-state index contributed by atoms with van der Waals surface area (Å²) >= 11 is 0. The minimum atomic E-state index is -1.04. The van der Waals surface area contributed by atoms with Crippen molar-refractivity contribution >= 4 is 0 Å². The summed E-state index contributed by atoms with van der Waals surface area (Å²) in [4.78, 5) is 0. The van der Waals surface area contributed by atoms with Crippen LogP contribution in [0.4, 0.5) is 8.78 Å². The topological polar surface area (TPSA) is 50.7 Å². The molecular weight excluding hydrogens is 256 g/mol. The molecule has 0 aliphatic carbocycles. The van der Waals surface area contributed by atoms with E-state index in [1.54, 1.807) is 14.2 Å². The summed E-state index contributed by atoms with van der Waals surface area (Å²) in [5.41, 5.74) is 0.0645. The molecule has 6 heteroatoms. The maximum absolute atomic E-state index is 13.4. The van der Waals surface area contributed by atoms with Crippen LogP contribution in [0.5, 0.6) is 0 Å². The molecule has 0 bridgehead atoms. The molecule has 1 aromatic rings. The summed E-state index contributed by atoms with van der Waals surface area (Å²) in [6.07, 6.45) is -1.18. The van der Waals surface area contributed by atoms with Gasteiger partial charge < -0.3 is 19.9 Å². The smallest absolute Gasteiger partial charge is 0.131 e. The van der Waals surface area contributed by atoms with Crippen molar-refractivity contribution in [2.75, 3.05) is 33.9 Å². The summed E-state index contributed by atoms with van der Waals surface area (Å²) in [7, 11) is 3.12. The molecule has 2 N–H and O–H groups in total. The van der Waals surface area contributed by atoms with Crippen molar-refractivity contribution < 1.29 is 23.4 Å². The van der Waals surface area contributed by atoms with Gasteiger partial charge in [-0.1, -0.05) is 6.07 Å². The molecule has 1 aromatic carbocycles. The predicted octanol–water partition coefficient (Wildman–Crippen LogP) is 1.25. The Labute approximate surface area is 111 Å². The lowest BCUT2D eigenvalue weighted by atomic mass is 10.1. The zero-order chi connectivity index (χ0) is 14.3. The van der Waals surface area contributed by atoms with E-state index in [0.717, 1.165) is 12.1 Å². The molecule has 0 amide bonds. The lowest BCUT2D eigenvalue weighted by Gasteiger charge is -2.17. The third kappa shape index (κ3) is 5.20. The van der Waals surface area contributed by atoms with Crippen molar-refractivity contribution in [3.63, 3.8) is 0 Å². The van der Waals surface area contributed by atoms with Crippen LogP contribution in [0.15, 0.2) is 18.2 Å². The second kappa shape index (κ2) is 8.16. The number of hydrogen-bond donors (Lipinski definition) is 2. The van der Waals surface area contributed by atoms with Crippen LogP contribution in [0.3, 0.4) is 0 Å². The summed E-state index contributed by atoms with van der Waals surface area (Å²) in [5.74, 6) is -1.42. The highest BCUT2D eigenvalue weighted by molar-refractivity contribution is 5.21. The van der Waals surface area contributed by atoms with Crippen LogP contribution < -0.4 is 5.32 Å². The van der Waals surface area contributed by atoms with Gasteiger partial charge in [0, 0.05) is 38.9 Å². The van der Waals surface area contributed by atoms with Gasteiger partial charge in [0.1, 0.15) is 11.6 Å². The monoisotopic (exact) mass is 275 g/mol. The fourth-order valence-corrected chi connectivity index (χ4v) is 1.66. The fourth-order valence-electron chi connectivity index (χ4n) is 1.66. The van der Waals surface area contributed by atoms with E-state index in [9.17, 15) is 13.9 Å². The van der Waals surface area contributed by atoms with Gasteiger partial charge in [0.05, 0.1) is 18.8 Å². The molecule has 0 radical (unpaired) electrons. The molecular formula is C13H19F2NO3. The SMILES string of the molecule is COCC(CNCC(O)c1ccc(F)cc1F)OC. The first-order chi connectivity index (χ1) is 9.08. The first kappa shape index (κ1) is 16.0. The molecule has 0 spiro atoms. The summed E-state index contributed by atoms with van der Waals surface area (Å²) in [5, 5.41) is 12.8. The maximum Gasteiger partial charge on any atom is 0.131 e. The van der Waals surface area contributed by atoms with Crippen molar-refractivity contribution in [3.8, 4) is 0 Å². The molecule has 4 nitrogen and oxygen atoms in total. The van der Waals surface area contributed by atoms with Gasteiger partial charge in [-0.3, -0.25) is 0 Å². The molecule has 0 heterocycles. The van der Waals surface area contributed by atoms with Crippen LogP contribution in [0, 0.1) is 11.6 Å². The molecule has 0 aliphatic rings. The number of hydrogen-bond acceptors (Lipinski definition) is 4. The van der Waals surface area contributed by atoms with Crippen LogP contribution in [-0.2, 0) is 9.47 Å². The zero-order valence-electron chi connectivity index (χ0n) is 11.0. The van der Waals surface area contributed by atoms with E-state index in [0.29, 0.717) is 13.2 Å². The molecule has 0 aliphatic heterocycles. The van der Waals surface area contributed by atoms with Crippen molar-refractivity contribution in [3.05, 3.63) is 35.4 Å². The van der Waals surface area contributed by atoms with Gasteiger partial charge in [-0.05, 0) is 6.07 Å². The normalized spacial score (nSPS) is 14.4. The summed E-state index contributed by atoms with van der Waals surface area (Å²) in [6, 6.07) is 3.10. The van der Waals surface area contributed by atoms with Gasteiger partial charge in [-0.25, -0.2) is 8.78 Å². The Morgan fingerprint density at radius 2 is 2.00 bits per heavy atom. The molecule has 19 heavy (non-hydrogen) atoms. The van der Waals surface area contributed by atoms with E-state index >= 15 is 0 Å². The van der Waals surface area contributed by atoms with Gasteiger partial charge in [-0.15, -0.1) is 0 Å². The lowest BCUT2D eigenvalue weighted by molar-refractivity contribution is 0.0269. The Morgan fingerprint density at radius 1 is 1.26 bits per heavy atom. The Balaban J connectivity index is 2.44. The zero-order valence-corrected chi connectivity index (χ0v) is 11.0. The lowest BCUT2D eigenvalue weighted by Crippen LogP contribution is -2.34. The van der Waals surface area contributed by atoms with Gasteiger partial charge in [0.2, 0.25) is 0 Å². The molecule has 0 saturated carbocycles. The Hall–Kier alpha value is -1.08. The van der Waals surface area contributed by atoms with Gasteiger partial charge in [-0.2, -0.15) is 0 Å². The second-order valence-corrected chi connectivity index (χ2v) is 4.15. The van der Waals surface area contributed by atoms with E-state index < -0.39 is 17.7 Å². The van der Waals surface area contributed by atoms with E-state index in [2.05, 4.69) is 5.32 Å². The van der Waals surface area contributed by atoms with Crippen LogP contribution in [0.1, 0.15) is 11.7 Å². The van der Waals surface area contributed by atoms with Crippen molar-refractivity contribution in [1.29, 1.82) is 0 Å². The van der Waals surface area contributed by atoms with Crippen LogP contribution in [-0.4, -0.2) is 45.1 Å². The third-order valence-corrected chi connectivity index (χ3v) is 2.72. The first-order valence-electron chi connectivity index (χ1n) is 5.94. The number of halogens is 2. The average Bonchev–Trinajstić information content (AvgIpc) is 2.37. The summed E-state index contributed by atoms with van der Waals surface area (Å²) < 4.78 is 36.2. The minimum absolute atomic E-state index is 0.0645. The number of nitrogens with one attached hydrogen (secondary N) is 1. The van der Waals surface area contributed by atoms with Crippen molar-refractivity contribution in [1.82, 2.24) is 5.32 Å². The highest BCUT2D eigenvalue weighted by Crippen LogP contribution is 2.17. The fraction of sp³-hybridized carbons (Fsp3) is 0.538. The molecule has 2 unspecified atom stereocenters. The number of ether oxygens (including phenoxy) is 2. The Kier molecular flexibility index (Phi) is 6.86. The average molecular weight is 275 g/mol. The minimum Gasteiger partial charge on any atom is -0.387 e. The standard InChI is InChI=1S/C13H19F2NO3/c1-18-8-10(19-2)6-16-7-13(17)11-4-3-9(14)5-12(11)15/h3-5,10,13,16-17H,6-8H2,1-2H3. The molecule has 108 valence electrons. The van der Waals surface area contributed by atoms with Gasteiger partial charge in [0.25, 0.3) is 0 Å². The number of aliphatic hydroxyl groups is 1. The molecule has 0 aromatic heterocycles. The number of rotatable bonds is 8. The highest BCUT2D eigenvalue weighted by Gasteiger charge is 2.14. The Morgan fingerprint density at radius 3 is 2.58 bits per heavy atom. The predicted molar refractivity (Wildman–Crippen MR) is 66.9 cm³/mol. The van der Waals surface area contributed by atoms with Gasteiger partial charge >= 0.3 is 0 Å². The molecule has 0 saturated heterocycles. The molecule has 2 atom stereocenters. The molecule has 1 rings (SSSR count). The van der Waals surface area contributed by atoms with E-state index in [1.807, 2.05) is 0 Å². The third-order valence-electron chi connectivity index (χ3n) is 2.72. The van der Waals surface area contributed by atoms with E-state index in [4.69, 9.17) is 9.47 Å². The van der Waals surface area contributed by atoms with E-state index in [-0.39, 0.29) is 18.2 Å². The summed E-state index contributed by atoms with van der Waals surface area (Å²) in [6.45, 7) is 1.03. The molecule has 0 fully saturated rings. The largest absolute Gasteiger partial charge is 0.387 e. The van der Waals surface area contributed by atoms with Crippen LogP contribution >= 0.6 is 0 Å². The van der Waals surface area contributed by atoms with Crippen molar-refractivity contribution in [2.45, 2.75) is 12.2 Å². The van der Waals surface area contributed by atoms with Crippen LogP contribution in [0.2, 0.25) is 0 Å². The number of benzene rings is 1. The quantitative estimate of drug-likeness (QED) is 0.749. The van der Waals surface area contributed by atoms with Crippen LogP contribution in [0.25, 0.3) is 0 Å². The number of aliphatic hydroxyl groups excluding tert-OH is 1. The number of methoxy groups -OCH3 is 2. The first-order valence-corrected chi connectivity index (χ1v) is 5.94. The highest BCUT2D eigenvalue weighted by atomic mass is 19.1. The van der Waals surface area contributed by atoms with Crippen molar-refractivity contribution in [2.24, 2.45) is 0 Å². The second-order valence-electron chi connectivity index (χ2n) is 4.15.